The van der Waals surface area contributed by atoms with Gasteiger partial charge in [0.25, 0.3) is 5.89 Å². The highest BCUT2D eigenvalue weighted by Crippen LogP contribution is 2.26. The zero-order valence-electron chi connectivity index (χ0n) is 18.7. The van der Waals surface area contributed by atoms with Crippen LogP contribution in [0.2, 0.25) is 0 Å². The Labute approximate surface area is 191 Å². The molecule has 1 atom stereocenters. The van der Waals surface area contributed by atoms with Crippen molar-refractivity contribution in [2.75, 3.05) is 26.8 Å². The Morgan fingerprint density at radius 2 is 2.00 bits per heavy atom. The van der Waals surface area contributed by atoms with Crippen LogP contribution in [-0.4, -0.2) is 52.3 Å². The first-order chi connectivity index (χ1) is 16.1. The number of hydrogen-bond donors (Lipinski definition) is 0. The van der Waals surface area contributed by atoms with Gasteiger partial charge in [-0.25, -0.2) is 0 Å². The van der Waals surface area contributed by atoms with Crippen LogP contribution in [0.15, 0.2) is 59.3 Å². The third kappa shape index (κ3) is 4.34. The van der Waals surface area contributed by atoms with Gasteiger partial charge in [-0.1, -0.05) is 23.4 Å². The highest BCUT2D eigenvalue weighted by Gasteiger charge is 2.29. The van der Waals surface area contributed by atoms with E-state index in [9.17, 15) is 4.79 Å². The molecule has 0 bridgehead atoms. The molecule has 170 valence electrons. The van der Waals surface area contributed by atoms with Gasteiger partial charge < -0.3 is 23.5 Å². The van der Waals surface area contributed by atoms with E-state index in [4.69, 9.17) is 14.0 Å². The molecule has 0 saturated carbocycles. The van der Waals surface area contributed by atoms with Crippen LogP contribution in [0.4, 0.5) is 0 Å². The summed E-state index contributed by atoms with van der Waals surface area (Å²) in [5.74, 6) is 1.73. The van der Waals surface area contributed by atoms with Crippen molar-refractivity contribution in [2.45, 2.75) is 18.9 Å². The summed E-state index contributed by atoms with van der Waals surface area (Å²) < 4.78 is 18.6. The molecule has 1 aliphatic heterocycles. The third-order valence-corrected chi connectivity index (χ3v) is 6.07. The van der Waals surface area contributed by atoms with Gasteiger partial charge in [-0.15, -0.1) is 0 Å². The zero-order chi connectivity index (χ0) is 22.8. The number of nitrogens with zero attached hydrogens (tertiary/aromatic N) is 4. The summed E-state index contributed by atoms with van der Waals surface area (Å²) in [6.45, 7) is 1.40. The summed E-state index contributed by atoms with van der Waals surface area (Å²) in [5, 5.41) is 5.28. The number of para-hydroxylation sites is 1. The minimum Gasteiger partial charge on any atom is -0.497 e. The maximum Gasteiger partial charge on any atom is 0.257 e. The number of aryl methyl sites for hydroxylation is 2. The summed E-state index contributed by atoms with van der Waals surface area (Å²) in [5.41, 5.74) is 3.19. The predicted molar refractivity (Wildman–Crippen MR) is 123 cm³/mol. The first kappa shape index (κ1) is 21.2. The highest BCUT2D eigenvalue weighted by molar-refractivity contribution is 5.85. The molecular weight excluding hydrogens is 420 g/mol. The lowest BCUT2D eigenvalue weighted by atomic mass is 10.1. The van der Waals surface area contributed by atoms with Crippen molar-refractivity contribution in [2.24, 2.45) is 7.05 Å². The molecular formula is C25H26N4O4. The van der Waals surface area contributed by atoms with E-state index in [0.29, 0.717) is 44.3 Å². The molecule has 0 radical (unpaired) electrons. The number of benzene rings is 2. The third-order valence-electron chi connectivity index (χ3n) is 6.07. The van der Waals surface area contributed by atoms with Crippen molar-refractivity contribution in [3.8, 4) is 17.1 Å². The minimum atomic E-state index is -0.431. The fraction of sp³-hybridized carbons (Fsp3) is 0.320. The van der Waals surface area contributed by atoms with E-state index < -0.39 is 6.10 Å². The van der Waals surface area contributed by atoms with Crippen LogP contribution in [0.25, 0.3) is 22.3 Å². The number of hydrogen-bond acceptors (Lipinski definition) is 6. The number of ether oxygens (including phenoxy) is 2. The minimum absolute atomic E-state index is 0.103. The van der Waals surface area contributed by atoms with Crippen LogP contribution >= 0.6 is 0 Å². The van der Waals surface area contributed by atoms with E-state index >= 15 is 0 Å². The van der Waals surface area contributed by atoms with E-state index in [1.165, 1.54) is 16.5 Å². The molecule has 3 heterocycles. The van der Waals surface area contributed by atoms with Crippen molar-refractivity contribution < 1.29 is 18.8 Å². The number of carbonyl (C=O) groups is 1. The topological polar surface area (TPSA) is 82.6 Å². The number of fused-ring (bicyclic) bond motifs is 1. The summed E-state index contributed by atoms with van der Waals surface area (Å²) in [7, 11) is 3.65. The van der Waals surface area contributed by atoms with Crippen LogP contribution in [0.3, 0.4) is 0 Å². The molecule has 2 aromatic carbocycles. The molecule has 0 aliphatic carbocycles. The Bertz CT molecular complexity index is 1260. The largest absolute Gasteiger partial charge is 0.497 e. The van der Waals surface area contributed by atoms with Crippen molar-refractivity contribution in [1.82, 2.24) is 19.6 Å². The Morgan fingerprint density at radius 3 is 2.82 bits per heavy atom. The summed E-state index contributed by atoms with van der Waals surface area (Å²) in [4.78, 5) is 19.3. The van der Waals surface area contributed by atoms with Crippen LogP contribution < -0.4 is 4.74 Å². The van der Waals surface area contributed by atoms with Gasteiger partial charge in [0.2, 0.25) is 11.7 Å². The van der Waals surface area contributed by atoms with Gasteiger partial charge in [0.15, 0.2) is 6.10 Å². The van der Waals surface area contributed by atoms with Crippen molar-refractivity contribution in [1.29, 1.82) is 0 Å². The lowest BCUT2D eigenvalue weighted by Crippen LogP contribution is -2.42. The lowest BCUT2D eigenvalue weighted by molar-refractivity contribution is -0.140. The maximum absolute atomic E-state index is 13.0. The van der Waals surface area contributed by atoms with Gasteiger partial charge in [0.1, 0.15) is 5.75 Å². The van der Waals surface area contributed by atoms with Crippen LogP contribution in [0.1, 0.15) is 24.0 Å². The standard InChI is InChI=1S/C25H26N4O4/c1-28-15-18(20-5-3-4-6-21(20)28)9-12-23(30)29-13-14-32-22(16-29)25-26-24(27-33-25)17-7-10-19(31-2)11-8-17/h3-8,10-11,15,22H,9,12-14,16H2,1-2H3. The van der Waals surface area contributed by atoms with E-state index in [1.807, 2.05) is 48.3 Å². The summed E-state index contributed by atoms with van der Waals surface area (Å²) >= 11 is 0. The Kier molecular flexibility index (Phi) is 5.83. The highest BCUT2D eigenvalue weighted by atomic mass is 16.5. The molecule has 2 aromatic heterocycles. The first-order valence-corrected chi connectivity index (χ1v) is 11.0. The molecule has 1 unspecified atom stereocenters. The van der Waals surface area contributed by atoms with Gasteiger partial charge in [0, 0.05) is 42.7 Å². The second-order valence-electron chi connectivity index (χ2n) is 8.17. The van der Waals surface area contributed by atoms with Gasteiger partial charge in [-0.2, -0.15) is 4.98 Å². The fourth-order valence-corrected chi connectivity index (χ4v) is 4.27. The van der Waals surface area contributed by atoms with Crippen molar-refractivity contribution in [3.63, 3.8) is 0 Å². The molecule has 5 rings (SSSR count). The summed E-state index contributed by atoms with van der Waals surface area (Å²) in [6.07, 6.45) is 2.82. The fourth-order valence-electron chi connectivity index (χ4n) is 4.27. The van der Waals surface area contributed by atoms with E-state index in [1.54, 1.807) is 7.11 Å². The number of morpholine rings is 1. The Hall–Kier alpha value is -3.65. The second kappa shape index (κ2) is 9.07. The zero-order valence-corrected chi connectivity index (χ0v) is 18.7. The number of amides is 1. The molecule has 1 fully saturated rings. The molecule has 8 heteroatoms. The number of carbonyl (C=O) groups excluding carboxylic acids is 1. The van der Waals surface area contributed by atoms with Gasteiger partial charge in [-0.3, -0.25) is 4.79 Å². The number of aromatic nitrogens is 3. The molecule has 0 spiro atoms. The Balaban J connectivity index is 1.23. The van der Waals surface area contributed by atoms with Crippen LogP contribution in [-0.2, 0) is 23.0 Å². The maximum atomic E-state index is 13.0. The average molecular weight is 447 g/mol. The molecule has 1 amide bonds. The monoisotopic (exact) mass is 446 g/mol. The summed E-state index contributed by atoms with van der Waals surface area (Å²) in [6, 6.07) is 15.7. The molecule has 8 nitrogen and oxygen atoms in total. The van der Waals surface area contributed by atoms with E-state index in [0.717, 1.165) is 11.3 Å². The molecule has 1 saturated heterocycles. The Morgan fingerprint density at radius 1 is 1.18 bits per heavy atom. The number of methoxy groups -OCH3 is 1. The molecule has 1 aliphatic rings. The SMILES string of the molecule is COc1ccc(-c2noc(C3CN(C(=O)CCc4cn(C)c5ccccc45)CCO3)n2)cc1. The molecule has 4 aromatic rings. The van der Waals surface area contributed by atoms with Gasteiger partial charge in [-0.05, 0) is 42.3 Å². The van der Waals surface area contributed by atoms with Gasteiger partial charge in [0.05, 0.1) is 20.3 Å². The van der Waals surface area contributed by atoms with Crippen molar-refractivity contribution in [3.05, 3.63) is 66.2 Å². The predicted octanol–water partition coefficient (Wildman–Crippen LogP) is 3.77. The first-order valence-electron chi connectivity index (χ1n) is 11.0. The smallest absolute Gasteiger partial charge is 0.257 e. The molecule has 33 heavy (non-hydrogen) atoms. The molecule has 0 N–H and O–H groups in total. The van der Waals surface area contributed by atoms with E-state index in [2.05, 4.69) is 33.0 Å². The quantitative estimate of drug-likeness (QED) is 0.448. The van der Waals surface area contributed by atoms with E-state index in [-0.39, 0.29) is 5.91 Å². The normalized spacial score (nSPS) is 16.3. The average Bonchev–Trinajstić information content (AvgIpc) is 3.48. The van der Waals surface area contributed by atoms with Crippen LogP contribution in [0, 0.1) is 0 Å². The van der Waals surface area contributed by atoms with Gasteiger partial charge >= 0.3 is 0 Å². The number of rotatable bonds is 6. The second-order valence-corrected chi connectivity index (χ2v) is 8.17. The van der Waals surface area contributed by atoms with Crippen LogP contribution in [0.5, 0.6) is 5.75 Å². The van der Waals surface area contributed by atoms with Crippen molar-refractivity contribution >= 4 is 16.8 Å². The lowest BCUT2D eigenvalue weighted by Gasteiger charge is -2.31.